The second-order valence-electron chi connectivity index (χ2n) is 8.40. The zero-order valence-corrected chi connectivity index (χ0v) is 20.2. The Kier molecular flexibility index (Phi) is 6.12. The molecule has 4 aromatic rings. The van der Waals surface area contributed by atoms with Crippen molar-refractivity contribution in [3.8, 4) is 0 Å². The molecule has 3 heterocycles. The number of carbonyl (C=O) groups excluding carboxylic acids is 1. The average molecular weight is 480 g/mol. The maximum absolute atomic E-state index is 13.8. The Bertz CT molecular complexity index is 1340. The summed E-state index contributed by atoms with van der Waals surface area (Å²) >= 11 is 2.95. The van der Waals surface area contributed by atoms with Crippen molar-refractivity contribution < 1.29 is 9.21 Å². The standard InChI is InChI=1S/C25H25N3O3S2/c1-27(2)24(30)21(16-9-4-3-5-10-16)33-25-26-22-20(18-12-6-7-13-19(18)32-22)23(29)28(25)15-17-11-8-14-31-17/h3-5,8-11,14,21H,6-7,12-13,15H2,1-2H3. The fourth-order valence-corrected chi connectivity index (χ4v) is 6.78. The molecule has 0 saturated carbocycles. The van der Waals surface area contributed by atoms with E-state index >= 15 is 0 Å². The van der Waals surface area contributed by atoms with Crippen LogP contribution in [0.3, 0.4) is 0 Å². The van der Waals surface area contributed by atoms with Gasteiger partial charge in [0, 0.05) is 19.0 Å². The molecule has 0 radical (unpaired) electrons. The van der Waals surface area contributed by atoms with Crippen molar-refractivity contribution in [1.82, 2.24) is 14.5 Å². The Morgan fingerprint density at radius 2 is 1.97 bits per heavy atom. The van der Waals surface area contributed by atoms with Crippen LogP contribution in [-0.4, -0.2) is 34.5 Å². The summed E-state index contributed by atoms with van der Waals surface area (Å²) in [6, 6.07) is 13.3. The third-order valence-electron chi connectivity index (χ3n) is 5.92. The number of thiophene rings is 1. The molecule has 1 aromatic carbocycles. The topological polar surface area (TPSA) is 68.3 Å². The van der Waals surface area contributed by atoms with E-state index < -0.39 is 5.25 Å². The van der Waals surface area contributed by atoms with Crippen molar-refractivity contribution in [2.24, 2.45) is 0 Å². The summed E-state index contributed by atoms with van der Waals surface area (Å²) in [4.78, 5) is 35.6. The highest BCUT2D eigenvalue weighted by Crippen LogP contribution is 2.39. The van der Waals surface area contributed by atoms with E-state index in [1.54, 1.807) is 41.2 Å². The Morgan fingerprint density at radius 1 is 1.18 bits per heavy atom. The first-order valence-electron chi connectivity index (χ1n) is 11.0. The highest BCUT2D eigenvalue weighted by atomic mass is 32.2. The Balaban J connectivity index is 1.67. The summed E-state index contributed by atoms with van der Waals surface area (Å²) in [7, 11) is 3.50. The van der Waals surface area contributed by atoms with Crippen LogP contribution < -0.4 is 5.56 Å². The number of likely N-dealkylation sites (N-methyl/N-ethyl adjacent to an activating group) is 1. The van der Waals surface area contributed by atoms with Gasteiger partial charge in [0.1, 0.15) is 15.8 Å². The lowest BCUT2D eigenvalue weighted by Gasteiger charge is -2.21. The molecule has 5 rings (SSSR count). The molecule has 1 unspecified atom stereocenters. The van der Waals surface area contributed by atoms with Gasteiger partial charge < -0.3 is 9.32 Å². The Labute approximate surface area is 200 Å². The highest BCUT2D eigenvalue weighted by Gasteiger charge is 2.28. The number of carbonyl (C=O) groups is 1. The minimum atomic E-state index is -0.511. The third-order valence-corrected chi connectivity index (χ3v) is 8.34. The number of nitrogens with zero attached hydrogens (tertiary/aromatic N) is 3. The van der Waals surface area contributed by atoms with E-state index in [4.69, 9.17) is 9.40 Å². The predicted octanol–water partition coefficient (Wildman–Crippen LogP) is 4.90. The molecule has 1 aliphatic carbocycles. The first kappa shape index (κ1) is 22.0. The summed E-state index contributed by atoms with van der Waals surface area (Å²) in [5, 5.41) is 0.760. The minimum Gasteiger partial charge on any atom is -0.467 e. The summed E-state index contributed by atoms with van der Waals surface area (Å²) in [6.07, 6.45) is 5.78. The summed E-state index contributed by atoms with van der Waals surface area (Å²) < 4.78 is 7.23. The number of hydrogen-bond donors (Lipinski definition) is 0. The lowest BCUT2D eigenvalue weighted by atomic mass is 9.97. The van der Waals surface area contributed by atoms with E-state index in [-0.39, 0.29) is 18.0 Å². The normalized spacial score (nSPS) is 14.2. The largest absolute Gasteiger partial charge is 0.467 e. The number of aromatic nitrogens is 2. The number of benzene rings is 1. The number of rotatable bonds is 6. The van der Waals surface area contributed by atoms with Gasteiger partial charge in [-0.25, -0.2) is 4.98 Å². The van der Waals surface area contributed by atoms with E-state index in [0.29, 0.717) is 10.9 Å². The van der Waals surface area contributed by atoms with E-state index in [1.807, 2.05) is 42.5 Å². The van der Waals surface area contributed by atoms with Crippen molar-refractivity contribution in [3.63, 3.8) is 0 Å². The van der Waals surface area contributed by atoms with Gasteiger partial charge in [-0.1, -0.05) is 42.1 Å². The molecule has 1 atom stereocenters. The van der Waals surface area contributed by atoms with Gasteiger partial charge in [-0.2, -0.15) is 0 Å². The van der Waals surface area contributed by atoms with Crippen LogP contribution in [0.25, 0.3) is 10.2 Å². The number of thioether (sulfide) groups is 1. The van der Waals surface area contributed by atoms with Crippen LogP contribution in [0.2, 0.25) is 0 Å². The molecule has 1 amide bonds. The number of aryl methyl sites for hydroxylation is 2. The summed E-state index contributed by atoms with van der Waals surface area (Å²) in [5.74, 6) is 0.634. The molecular formula is C25H25N3O3S2. The molecule has 0 aliphatic heterocycles. The van der Waals surface area contributed by atoms with Crippen LogP contribution in [0.15, 0.2) is 63.1 Å². The lowest BCUT2D eigenvalue weighted by molar-refractivity contribution is -0.128. The molecule has 0 spiro atoms. The smallest absolute Gasteiger partial charge is 0.263 e. The van der Waals surface area contributed by atoms with Crippen LogP contribution in [0.5, 0.6) is 0 Å². The molecule has 6 nitrogen and oxygen atoms in total. The SMILES string of the molecule is CN(C)C(=O)C(Sc1nc2sc3c(c2c(=O)n1Cc1ccco1)CCCC3)c1ccccc1. The fourth-order valence-electron chi connectivity index (χ4n) is 4.24. The van der Waals surface area contributed by atoms with E-state index in [2.05, 4.69) is 0 Å². The van der Waals surface area contributed by atoms with Crippen LogP contribution >= 0.6 is 23.1 Å². The maximum atomic E-state index is 13.8. The molecular weight excluding hydrogens is 454 g/mol. The molecule has 0 N–H and O–H groups in total. The summed E-state index contributed by atoms with van der Waals surface area (Å²) in [6.45, 7) is 0.277. The van der Waals surface area contributed by atoms with Gasteiger partial charge in [0.15, 0.2) is 5.16 Å². The van der Waals surface area contributed by atoms with Crippen LogP contribution in [0.1, 0.15) is 39.9 Å². The number of furan rings is 1. The zero-order valence-electron chi connectivity index (χ0n) is 18.6. The van der Waals surface area contributed by atoms with Crippen LogP contribution in [0.4, 0.5) is 0 Å². The van der Waals surface area contributed by atoms with Gasteiger partial charge in [-0.15, -0.1) is 11.3 Å². The van der Waals surface area contributed by atoms with Crippen molar-refractivity contribution >= 4 is 39.2 Å². The van der Waals surface area contributed by atoms with Crippen molar-refractivity contribution in [3.05, 3.63) is 80.8 Å². The second-order valence-corrected chi connectivity index (χ2v) is 10.6. The van der Waals surface area contributed by atoms with E-state index in [1.165, 1.54) is 16.6 Å². The predicted molar refractivity (Wildman–Crippen MR) is 132 cm³/mol. The molecule has 0 saturated heterocycles. The van der Waals surface area contributed by atoms with E-state index in [9.17, 15) is 9.59 Å². The first-order valence-corrected chi connectivity index (χ1v) is 12.7. The fraction of sp³-hybridized carbons (Fsp3) is 0.320. The summed E-state index contributed by atoms with van der Waals surface area (Å²) in [5.41, 5.74) is 1.99. The molecule has 0 fully saturated rings. The van der Waals surface area contributed by atoms with Gasteiger partial charge in [-0.3, -0.25) is 14.2 Å². The van der Waals surface area contributed by atoms with Crippen LogP contribution in [0, 0.1) is 0 Å². The average Bonchev–Trinajstić information content (AvgIpc) is 3.47. The van der Waals surface area contributed by atoms with Crippen molar-refractivity contribution in [1.29, 1.82) is 0 Å². The van der Waals surface area contributed by atoms with Gasteiger partial charge in [0.05, 0.1) is 18.2 Å². The maximum Gasteiger partial charge on any atom is 0.263 e. The minimum absolute atomic E-state index is 0.0458. The quantitative estimate of drug-likeness (QED) is 0.291. The monoisotopic (exact) mass is 479 g/mol. The van der Waals surface area contributed by atoms with Crippen molar-refractivity contribution in [2.45, 2.75) is 42.6 Å². The number of hydrogen-bond acceptors (Lipinski definition) is 6. The van der Waals surface area contributed by atoms with Gasteiger partial charge in [0.2, 0.25) is 5.91 Å². The number of amides is 1. The molecule has 33 heavy (non-hydrogen) atoms. The lowest BCUT2D eigenvalue weighted by Crippen LogP contribution is -2.29. The zero-order chi connectivity index (χ0) is 22.9. The molecule has 0 bridgehead atoms. The molecule has 170 valence electrons. The van der Waals surface area contributed by atoms with E-state index in [0.717, 1.165) is 47.0 Å². The van der Waals surface area contributed by atoms with Gasteiger partial charge in [-0.05, 0) is 48.9 Å². The first-order chi connectivity index (χ1) is 16.0. The molecule has 1 aliphatic rings. The van der Waals surface area contributed by atoms with Gasteiger partial charge >= 0.3 is 0 Å². The second kappa shape index (κ2) is 9.19. The van der Waals surface area contributed by atoms with Gasteiger partial charge in [0.25, 0.3) is 5.56 Å². The molecule has 8 heteroatoms. The Morgan fingerprint density at radius 3 is 2.70 bits per heavy atom. The number of fused-ring (bicyclic) bond motifs is 3. The Hall–Kier alpha value is -2.84. The van der Waals surface area contributed by atoms with Crippen LogP contribution in [-0.2, 0) is 24.2 Å². The molecule has 3 aromatic heterocycles. The van der Waals surface area contributed by atoms with Crippen molar-refractivity contribution in [2.75, 3.05) is 14.1 Å². The third kappa shape index (κ3) is 4.25. The highest BCUT2D eigenvalue weighted by molar-refractivity contribution is 8.00.